The number of ether oxygens (including phenoxy) is 2. The summed E-state index contributed by atoms with van der Waals surface area (Å²) in [6.07, 6.45) is 3.39. The minimum atomic E-state index is 0.663. The molecule has 76 valence electrons. The Kier molecular flexibility index (Phi) is 3.98. The lowest BCUT2D eigenvalue weighted by Gasteiger charge is -2.05. The molecular formula is C11H15NO2. The standard InChI is InChI=1S/C11H15NO2/c1-4-14-10-5-6-12-11(7-10)9(2)8-13-3/h5-8H,4H2,1-3H3/b9-8-. The molecule has 0 aliphatic heterocycles. The molecule has 0 fully saturated rings. The zero-order valence-electron chi connectivity index (χ0n) is 8.78. The number of nitrogens with zero attached hydrogens (tertiary/aromatic N) is 1. The third-order valence-corrected chi connectivity index (χ3v) is 1.74. The zero-order valence-corrected chi connectivity index (χ0v) is 8.78. The lowest BCUT2D eigenvalue weighted by Crippen LogP contribution is -1.93. The molecule has 0 amide bonds. The maximum Gasteiger partial charge on any atom is 0.122 e. The molecule has 1 aromatic heterocycles. The maximum absolute atomic E-state index is 5.37. The van der Waals surface area contributed by atoms with Gasteiger partial charge in [-0.1, -0.05) is 0 Å². The predicted octanol–water partition coefficient (Wildman–Crippen LogP) is 2.49. The van der Waals surface area contributed by atoms with Gasteiger partial charge in [0.25, 0.3) is 0 Å². The fourth-order valence-corrected chi connectivity index (χ4v) is 1.12. The van der Waals surface area contributed by atoms with Gasteiger partial charge in [-0.2, -0.15) is 0 Å². The third kappa shape index (κ3) is 2.76. The second-order valence-electron chi connectivity index (χ2n) is 2.85. The lowest BCUT2D eigenvalue weighted by atomic mass is 10.2. The van der Waals surface area contributed by atoms with Gasteiger partial charge in [0.15, 0.2) is 0 Å². The highest BCUT2D eigenvalue weighted by Crippen LogP contribution is 2.17. The number of hydrogen-bond donors (Lipinski definition) is 0. The van der Waals surface area contributed by atoms with Crippen molar-refractivity contribution in [2.24, 2.45) is 0 Å². The number of methoxy groups -OCH3 is 1. The van der Waals surface area contributed by atoms with Crippen LogP contribution in [0.3, 0.4) is 0 Å². The Morgan fingerprint density at radius 3 is 3.00 bits per heavy atom. The van der Waals surface area contributed by atoms with Crippen LogP contribution < -0.4 is 4.74 Å². The fourth-order valence-electron chi connectivity index (χ4n) is 1.12. The van der Waals surface area contributed by atoms with Gasteiger partial charge in [-0.15, -0.1) is 0 Å². The molecule has 0 aliphatic rings. The van der Waals surface area contributed by atoms with Gasteiger partial charge >= 0.3 is 0 Å². The molecule has 0 unspecified atom stereocenters. The van der Waals surface area contributed by atoms with Gasteiger partial charge < -0.3 is 9.47 Å². The summed E-state index contributed by atoms with van der Waals surface area (Å²) in [4.78, 5) is 4.21. The summed E-state index contributed by atoms with van der Waals surface area (Å²) in [5.41, 5.74) is 1.85. The van der Waals surface area contributed by atoms with Crippen molar-refractivity contribution in [1.82, 2.24) is 4.98 Å². The summed E-state index contributed by atoms with van der Waals surface area (Å²) in [6, 6.07) is 3.74. The van der Waals surface area contributed by atoms with Crippen LogP contribution in [0.25, 0.3) is 5.57 Å². The van der Waals surface area contributed by atoms with Crippen molar-refractivity contribution in [3.63, 3.8) is 0 Å². The normalized spacial score (nSPS) is 11.2. The Hall–Kier alpha value is -1.51. The lowest BCUT2D eigenvalue weighted by molar-refractivity contribution is 0.338. The van der Waals surface area contributed by atoms with E-state index in [2.05, 4.69) is 4.98 Å². The average Bonchev–Trinajstić information content (AvgIpc) is 2.19. The molecule has 0 spiro atoms. The summed E-state index contributed by atoms with van der Waals surface area (Å²) < 4.78 is 10.3. The Balaban J connectivity index is 2.87. The molecule has 1 aromatic rings. The quantitative estimate of drug-likeness (QED) is 0.688. The molecule has 0 radical (unpaired) electrons. The smallest absolute Gasteiger partial charge is 0.122 e. The number of hydrogen-bond acceptors (Lipinski definition) is 3. The van der Waals surface area contributed by atoms with Crippen LogP contribution in [0.15, 0.2) is 24.6 Å². The van der Waals surface area contributed by atoms with Gasteiger partial charge in [-0.25, -0.2) is 0 Å². The molecule has 0 N–H and O–H groups in total. The second kappa shape index (κ2) is 5.27. The Morgan fingerprint density at radius 2 is 2.36 bits per heavy atom. The molecule has 0 atom stereocenters. The van der Waals surface area contributed by atoms with E-state index in [-0.39, 0.29) is 0 Å². The Bertz CT molecular complexity index is 321. The van der Waals surface area contributed by atoms with E-state index in [1.54, 1.807) is 19.6 Å². The van der Waals surface area contributed by atoms with Crippen LogP contribution in [0, 0.1) is 0 Å². The van der Waals surface area contributed by atoms with Crippen molar-refractivity contribution in [3.8, 4) is 5.75 Å². The van der Waals surface area contributed by atoms with E-state index in [1.807, 2.05) is 26.0 Å². The molecule has 0 aliphatic carbocycles. The van der Waals surface area contributed by atoms with Crippen LogP contribution in [0.1, 0.15) is 19.5 Å². The van der Waals surface area contributed by atoms with Crippen molar-refractivity contribution >= 4 is 5.57 Å². The first-order valence-corrected chi connectivity index (χ1v) is 4.56. The average molecular weight is 193 g/mol. The minimum absolute atomic E-state index is 0.663. The van der Waals surface area contributed by atoms with E-state index in [4.69, 9.17) is 9.47 Å². The van der Waals surface area contributed by atoms with E-state index in [9.17, 15) is 0 Å². The summed E-state index contributed by atoms with van der Waals surface area (Å²) in [5, 5.41) is 0. The van der Waals surface area contributed by atoms with Gasteiger partial charge in [0.1, 0.15) is 5.75 Å². The van der Waals surface area contributed by atoms with Crippen molar-refractivity contribution in [3.05, 3.63) is 30.3 Å². The largest absolute Gasteiger partial charge is 0.504 e. The topological polar surface area (TPSA) is 31.4 Å². The van der Waals surface area contributed by atoms with Crippen LogP contribution in [0.4, 0.5) is 0 Å². The highest BCUT2D eigenvalue weighted by molar-refractivity contribution is 5.60. The highest BCUT2D eigenvalue weighted by Gasteiger charge is 1.99. The molecule has 0 bridgehead atoms. The molecule has 0 aromatic carbocycles. The zero-order chi connectivity index (χ0) is 10.4. The number of aromatic nitrogens is 1. The van der Waals surface area contributed by atoms with Crippen molar-refractivity contribution in [2.45, 2.75) is 13.8 Å². The first-order valence-electron chi connectivity index (χ1n) is 4.56. The monoisotopic (exact) mass is 193 g/mol. The first kappa shape index (κ1) is 10.6. The third-order valence-electron chi connectivity index (χ3n) is 1.74. The summed E-state index contributed by atoms with van der Waals surface area (Å²) in [5.74, 6) is 0.835. The molecule has 3 nitrogen and oxygen atoms in total. The van der Waals surface area contributed by atoms with Gasteiger partial charge in [0, 0.05) is 17.8 Å². The molecule has 0 saturated heterocycles. The SMILES string of the molecule is CCOc1ccnc(/C(C)=C\OC)c1. The van der Waals surface area contributed by atoms with E-state index >= 15 is 0 Å². The number of allylic oxidation sites excluding steroid dienone is 1. The second-order valence-corrected chi connectivity index (χ2v) is 2.85. The maximum atomic E-state index is 5.37. The van der Waals surface area contributed by atoms with Crippen LogP contribution in [0.5, 0.6) is 5.75 Å². The summed E-state index contributed by atoms with van der Waals surface area (Å²) in [6.45, 7) is 4.57. The van der Waals surface area contributed by atoms with E-state index < -0.39 is 0 Å². The highest BCUT2D eigenvalue weighted by atomic mass is 16.5. The number of pyridine rings is 1. The summed E-state index contributed by atoms with van der Waals surface area (Å²) in [7, 11) is 1.62. The van der Waals surface area contributed by atoms with E-state index in [0.29, 0.717) is 6.61 Å². The van der Waals surface area contributed by atoms with Crippen LogP contribution >= 0.6 is 0 Å². The Labute approximate surface area is 84.4 Å². The fraction of sp³-hybridized carbons (Fsp3) is 0.364. The minimum Gasteiger partial charge on any atom is -0.504 e. The van der Waals surface area contributed by atoms with E-state index in [1.165, 1.54) is 0 Å². The molecular weight excluding hydrogens is 178 g/mol. The molecule has 0 saturated carbocycles. The molecule has 14 heavy (non-hydrogen) atoms. The van der Waals surface area contributed by atoms with Gasteiger partial charge in [-0.05, 0) is 19.9 Å². The molecule has 1 heterocycles. The van der Waals surface area contributed by atoms with Crippen LogP contribution in [-0.4, -0.2) is 18.7 Å². The molecule has 3 heteroatoms. The number of rotatable bonds is 4. The van der Waals surface area contributed by atoms with Crippen LogP contribution in [-0.2, 0) is 4.74 Å². The van der Waals surface area contributed by atoms with Gasteiger partial charge in [0.2, 0.25) is 0 Å². The van der Waals surface area contributed by atoms with Crippen molar-refractivity contribution in [2.75, 3.05) is 13.7 Å². The van der Waals surface area contributed by atoms with Crippen molar-refractivity contribution < 1.29 is 9.47 Å². The summed E-state index contributed by atoms with van der Waals surface area (Å²) >= 11 is 0. The molecule has 1 rings (SSSR count). The Morgan fingerprint density at radius 1 is 1.57 bits per heavy atom. The predicted molar refractivity (Wildman–Crippen MR) is 56.1 cm³/mol. The van der Waals surface area contributed by atoms with E-state index in [0.717, 1.165) is 17.0 Å². The van der Waals surface area contributed by atoms with Crippen molar-refractivity contribution in [1.29, 1.82) is 0 Å². The van der Waals surface area contributed by atoms with Gasteiger partial charge in [0.05, 0.1) is 25.7 Å². The van der Waals surface area contributed by atoms with Gasteiger partial charge in [-0.3, -0.25) is 4.98 Å². The van der Waals surface area contributed by atoms with Crippen LogP contribution in [0.2, 0.25) is 0 Å². The first-order chi connectivity index (χ1) is 6.77.